The first kappa shape index (κ1) is 17.9. The van der Waals surface area contributed by atoms with Gasteiger partial charge in [0.2, 0.25) is 0 Å². The molecule has 2 rings (SSSR count). The molecule has 2 N–H and O–H groups in total. The Morgan fingerprint density at radius 3 is 2.83 bits per heavy atom. The Morgan fingerprint density at radius 1 is 1.29 bits per heavy atom. The largest absolute Gasteiger partial charge is 0.489 e. The number of amides is 1. The topological polar surface area (TPSA) is 71.5 Å². The molecular formula is C19H24N2O3. The molecule has 0 bridgehead atoms. The molecule has 1 heterocycles. The standard InChI is InChI=1S/C19H24N2O3/c1-14(9-15(2)22)11-21-19(23)17-6-3-7-18(10-17)24-13-16-5-4-8-20-12-16/h3-8,10,12,14-15,22H,9,11,13H2,1-2H3,(H,21,23). The van der Waals surface area contributed by atoms with E-state index < -0.39 is 0 Å². The molecule has 1 aromatic heterocycles. The van der Waals surface area contributed by atoms with Crippen LogP contribution in [0, 0.1) is 5.92 Å². The number of aliphatic hydroxyl groups is 1. The van der Waals surface area contributed by atoms with E-state index in [4.69, 9.17) is 4.74 Å². The number of pyridine rings is 1. The molecule has 128 valence electrons. The van der Waals surface area contributed by atoms with Crippen LogP contribution in [0.2, 0.25) is 0 Å². The predicted octanol–water partition coefficient (Wildman–Crippen LogP) is 2.80. The maximum absolute atomic E-state index is 12.2. The normalized spacial score (nSPS) is 13.1. The highest BCUT2D eigenvalue weighted by molar-refractivity contribution is 5.94. The van der Waals surface area contributed by atoms with E-state index in [1.54, 1.807) is 37.5 Å². The van der Waals surface area contributed by atoms with Gasteiger partial charge in [-0.3, -0.25) is 9.78 Å². The van der Waals surface area contributed by atoms with Gasteiger partial charge in [-0.25, -0.2) is 0 Å². The number of carbonyl (C=O) groups is 1. The highest BCUT2D eigenvalue weighted by atomic mass is 16.5. The third kappa shape index (κ3) is 6.01. The van der Waals surface area contributed by atoms with E-state index >= 15 is 0 Å². The third-order valence-corrected chi connectivity index (χ3v) is 3.58. The third-order valence-electron chi connectivity index (χ3n) is 3.58. The molecule has 2 unspecified atom stereocenters. The number of benzene rings is 1. The first-order valence-corrected chi connectivity index (χ1v) is 8.12. The van der Waals surface area contributed by atoms with E-state index in [0.717, 1.165) is 5.56 Å². The summed E-state index contributed by atoms with van der Waals surface area (Å²) >= 11 is 0. The van der Waals surface area contributed by atoms with E-state index in [1.165, 1.54) is 0 Å². The van der Waals surface area contributed by atoms with E-state index in [9.17, 15) is 9.90 Å². The highest BCUT2D eigenvalue weighted by Crippen LogP contribution is 2.15. The molecule has 24 heavy (non-hydrogen) atoms. The van der Waals surface area contributed by atoms with Crippen molar-refractivity contribution in [2.24, 2.45) is 5.92 Å². The minimum absolute atomic E-state index is 0.140. The Balaban J connectivity index is 1.88. The van der Waals surface area contributed by atoms with Crippen molar-refractivity contribution < 1.29 is 14.6 Å². The van der Waals surface area contributed by atoms with Crippen LogP contribution in [0.4, 0.5) is 0 Å². The summed E-state index contributed by atoms with van der Waals surface area (Å²) in [6.07, 6.45) is 3.77. The van der Waals surface area contributed by atoms with E-state index in [-0.39, 0.29) is 17.9 Å². The van der Waals surface area contributed by atoms with Gasteiger partial charge in [-0.2, -0.15) is 0 Å². The molecule has 0 aliphatic rings. The SMILES string of the molecule is CC(O)CC(C)CNC(=O)c1cccc(OCc2cccnc2)c1. The second-order valence-corrected chi connectivity index (χ2v) is 6.08. The Labute approximate surface area is 142 Å². The second kappa shape index (κ2) is 9.03. The molecule has 1 amide bonds. The quantitative estimate of drug-likeness (QED) is 0.782. The average molecular weight is 328 g/mol. The number of hydrogen-bond donors (Lipinski definition) is 2. The molecule has 0 radical (unpaired) electrons. The number of aromatic nitrogens is 1. The molecule has 2 aromatic rings. The maximum Gasteiger partial charge on any atom is 0.251 e. The Kier molecular flexibility index (Phi) is 6.75. The average Bonchev–Trinajstić information content (AvgIpc) is 2.58. The number of aliphatic hydroxyl groups excluding tert-OH is 1. The van der Waals surface area contributed by atoms with Crippen molar-refractivity contribution in [3.63, 3.8) is 0 Å². The van der Waals surface area contributed by atoms with Gasteiger partial charge in [-0.1, -0.05) is 19.1 Å². The van der Waals surface area contributed by atoms with Crippen LogP contribution >= 0.6 is 0 Å². The summed E-state index contributed by atoms with van der Waals surface area (Å²) in [5.74, 6) is 0.724. The molecule has 5 heteroatoms. The molecule has 0 saturated heterocycles. The zero-order chi connectivity index (χ0) is 17.4. The Morgan fingerprint density at radius 2 is 2.12 bits per heavy atom. The summed E-state index contributed by atoms with van der Waals surface area (Å²) in [6.45, 7) is 4.69. The number of ether oxygens (including phenoxy) is 1. The lowest BCUT2D eigenvalue weighted by molar-refractivity contribution is 0.0939. The molecule has 0 fully saturated rings. The van der Waals surface area contributed by atoms with Gasteiger partial charge >= 0.3 is 0 Å². The fourth-order valence-electron chi connectivity index (χ4n) is 2.41. The Bertz CT molecular complexity index is 644. The zero-order valence-corrected chi connectivity index (χ0v) is 14.1. The number of nitrogens with one attached hydrogen (secondary N) is 1. The van der Waals surface area contributed by atoms with Crippen molar-refractivity contribution in [3.05, 3.63) is 59.9 Å². The summed E-state index contributed by atoms with van der Waals surface area (Å²) in [6, 6.07) is 10.9. The van der Waals surface area contributed by atoms with Crippen molar-refractivity contribution in [2.75, 3.05) is 6.54 Å². The minimum atomic E-state index is -0.360. The maximum atomic E-state index is 12.2. The van der Waals surface area contributed by atoms with Crippen LogP contribution in [0.5, 0.6) is 5.75 Å². The lowest BCUT2D eigenvalue weighted by Crippen LogP contribution is -2.29. The predicted molar refractivity (Wildman–Crippen MR) is 92.8 cm³/mol. The second-order valence-electron chi connectivity index (χ2n) is 6.08. The van der Waals surface area contributed by atoms with Crippen LogP contribution < -0.4 is 10.1 Å². The molecule has 0 saturated carbocycles. The van der Waals surface area contributed by atoms with Gasteiger partial charge in [0, 0.05) is 30.1 Å². The van der Waals surface area contributed by atoms with Gasteiger partial charge in [0.05, 0.1) is 6.10 Å². The Hall–Kier alpha value is -2.40. The first-order valence-electron chi connectivity index (χ1n) is 8.12. The monoisotopic (exact) mass is 328 g/mol. The highest BCUT2D eigenvalue weighted by Gasteiger charge is 2.10. The summed E-state index contributed by atoms with van der Waals surface area (Å²) < 4.78 is 5.71. The number of nitrogens with zero attached hydrogens (tertiary/aromatic N) is 1. The lowest BCUT2D eigenvalue weighted by Gasteiger charge is -2.14. The molecule has 0 aliphatic heterocycles. The number of hydrogen-bond acceptors (Lipinski definition) is 4. The van der Waals surface area contributed by atoms with Crippen LogP contribution in [0.25, 0.3) is 0 Å². The van der Waals surface area contributed by atoms with Gasteiger partial charge in [0.1, 0.15) is 12.4 Å². The van der Waals surface area contributed by atoms with Crippen molar-refractivity contribution >= 4 is 5.91 Å². The van der Waals surface area contributed by atoms with Crippen LogP contribution in [0.15, 0.2) is 48.8 Å². The van der Waals surface area contributed by atoms with Crippen LogP contribution in [0.1, 0.15) is 36.2 Å². The molecule has 0 aliphatic carbocycles. The summed E-state index contributed by atoms with van der Waals surface area (Å²) in [4.78, 5) is 16.3. The van der Waals surface area contributed by atoms with Gasteiger partial charge in [-0.05, 0) is 43.5 Å². The van der Waals surface area contributed by atoms with Gasteiger partial charge in [0.25, 0.3) is 5.91 Å². The van der Waals surface area contributed by atoms with Gasteiger partial charge in [-0.15, -0.1) is 0 Å². The van der Waals surface area contributed by atoms with Crippen molar-refractivity contribution in [3.8, 4) is 5.75 Å². The summed E-state index contributed by atoms with van der Waals surface area (Å²) in [7, 11) is 0. The summed E-state index contributed by atoms with van der Waals surface area (Å²) in [5, 5.41) is 12.3. The van der Waals surface area contributed by atoms with Crippen LogP contribution in [-0.2, 0) is 6.61 Å². The van der Waals surface area contributed by atoms with E-state index in [2.05, 4.69) is 10.3 Å². The molecule has 5 nitrogen and oxygen atoms in total. The molecular weight excluding hydrogens is 304 g/mol. The van der Waals surface area contributed by atoms with Crippen molar-refractivity contribution in [1.82, 2.24) is 10.3 Å². The van der Waals surface area contributed by atoms with Crippen LogP contribution in [0.3, 0.4) is 0 Å². The fraction of sp³-hybridized carbons (Fsp3) is 0.368. The smallest absolute Gasteiger partial charge is 0.251 e. The summed E-state index contributed by atoms with van der Waals surface area (Å²) in [5.41, 5.74) is 1.53. The van der Waals surface area contributed by atoms with E-state index in [1.807, 2.05) is 25.1 Å². The minimum Gasteiger partial charge on any atom is -0.489 e. The zero-order valence-electron chi connectivity index (χ0n) is 14.1. The molecule has 1 aromatic carbocycles. The number of carbonyl (C=O) groups excluding carboxylic acids is 1. The lowest BCUT2D eigenvalue weighted by atomic mass is 10.0. The van der Waals surface area contributed by atoms with Crippen LogP contribution in [-0.4, -0.2) is 28.6 Å². The fourth-order valence-corrected chi connectivity index (χ4v) is 2.41. The molecule has 2 atom stereocenters. The number of rotatable bonds is 8. The molecule has 0 spiro atoms. The van der Waals surface area contributed by atoms with Crippen molar-refractivity contribution in [2.45, 2.75) is 33.0 Å². The first-order chi connectivity index (χ1) is 11.5. The van der Waals surface area contributed by atoms with Crippen molar-refractivity contribution in [1.29, 1.82) is 0 Å². The van der Waals surface area contributed by atoms with E-state index in [0.29, 0.717) is 30.9 Å². The van der Waals surface area contributed by atoms with Gasteiger partial charge < -0.3 is 15.2 Å². The van der Waals surface area contributed by atoms with Gasteiger partial charge in [0.15, 0.2) is 0 Å².